The van der Waals surface area contributed by atoms with Crippen LogP contribution in [0.4, 0.5) is 5.69 Å². The number of carbonyl (C=O) groups is 2. The number of ether oxygens (including phenoxy) is 1. The minimum absolute atomic E-state index is 0.334. The van der Waals surface area contributed by atoms with Crippen molar-refractivity contribution in [1.82, 2.24) is 4.98 Å². The van der Waals surface area contributed by atoms with Gasteiger partial charge in [-0.15, -0.1) is 11.3 Å². The first-order valence-corrected chi connectivity index (χ1v) is 11.0. The van der Waals surface area contributed by atoms with Crippen LogP contribution in [0.5, 0.6) is 0 Å². The summed E-state index contributed by atoms with van der Waals surface area (Å²) in [5, 5.41) is 4.79. The molecule has 29 heavy (non-hydrogen) atoms. The lowest BCUT2D eigenvalue weighted by Gasteiger charge is -2.11. The number of anilines is 1. The highest BCUT2D eigenvalue weighted by molar-refractivity contribution is 8.00. The molecule has 1 aromatic heterocycles. The van der Waals surface area contributed by atoms with Crippen LogP contribution >= 0.6 is 23.1 Å². The molecule has 0 radical (unpaired) electrons. The standard InChI is InChI=1S/C22H22N2O3S2/c1-14-8-9-15(2)19(10-14)24-20(25)11-27-21(26)18-7-5-4-6-17(18)13-29-22-23-16(3)12-28-22/h4-10,12H,11,13H2,1-3H3,(H,24,25). The largest absolute Gasteiger partial charge is 0.452 e. The van der Waals surface area contributed by atoms with Gasteiger partial charge in [0.15, 0.2) is 6.61 Å². The summed E-state index contributed by atoms with van der Waals surface area (Å²) in [6, 6.07) is 13.1. The van der Waals surface area contributed by atoms with Crippen molar-refractivity contribution in [2.24, 2.45) is 0 Å². The van der Waals surface area contributed by atoms with E-state index in [2.05, 4.69) is 10.3 Å². The Balaban J connectivity index is 1.59. The van der Waals surface area contributed by atoms with Crippen LogP contribution in [-0.4, -0.2) is 23.5 Å². The Labute approximate surface area is 178 Å². The van der Waals surface area contributed by atoms with Gasteiger partial charge >= 0.3 is 5.97 Å². The zero-order chi connectivity index (χ0) is 20.8. The molecule has 0 unspecified atom stereocenters. The fourth-order valence-electron chi connectivity index (χ4n) is 2.65. The zero-order valence-corrected chi connectivity index (χ0v) is 18.2. The van der Waals surface area contributed by atoms with Crippen molar-refractivity contribution in [1.29, 1.82) is 0 Å². The summed E-state index contributed by atoms with van der Waals surface area (Å²) >= 11 is 3.16. The quantitative estimate of drug-likeness (QED) is 0.418. The van der Waals surface area contributed by atoms with Crippen LogP contribution in [0.2, 0.25) is 0 Å². The molecule has 0 spiro atoms. The van der Waals surface area contributed by atoms with Crippen LogP contribution < -0.4 is 5.32 Å². The molecule has 0 bridgehead atoms. The summed E-state index contributed by atoms with van der Waals surface area (Å²) in [5.41, 5.74) is 5.03. The number of thioether (sulfide) groups is 1. The van der Waals surface area contributed by atoms with Crippen LogP contribution in [0.25, 0.3) is 0 Å². The summed E-state index contributed by atoms with van der Waals surface area (Å²) in [7, 11) is 0. The summed E-state index contributed by atoms with van der Waals surface area (Å²) < 4.78 is 6.21. The first kappa shape index (κ1) is 21.1. The third kappa shape index (κ3) is 5.92. The Kier molecular flexibility index (Phi) is 7.06. The van der Waals surface area contributed by atoms with Gasteiger partial charge in [0.2, 0.25) is 0 Å². The molecule has 0 saturated heterocycles. The maximum absolute atomic E-state index is 12.5. The van der Waals surface area contributed by atoms with Gasteiger partial charge in [0.05, 0.1) is 5.56 Å². The predicted octanol–water partition coefficient (Wildman–Crippen LogP) is 5.16. The number of esters is 1. The van der Waals surface area contributed by atoms with Gasteiger partial charge in [0, 0.05) is 22.5 Å². The molecule has 1 amide bonds. The van der Waals surface area contributed by atoms with E-state index >= 15 is 0 Å². The molecule has 5 nitrogen and oxygen atoms in total. The maximum Gasteiger partial charge on any atom is 0.338 e. The van der Waals surface area contributed by atoms with Gasteiger partial charge in [0.25, 0.3) is 5.91 Å². The molecule has 3 rings (SSSR count). The summed E-state index contributed by atoms with van der Waals surface area (Å²) in [6.07, 6.45) is 0. The molecule has 0 aliphatic carbocycles. The van der Waals surface area contributed by atoms with Crippen molar-refractivity contribution in [2.75, 3.05) is 11.9 Å². The van der Waals surface area contributed by atoms with Crippen molar-refractivity contribution in [3.05, 3.63) is 75.8 Å². The SMILES string of the molecule is Cc1ccc(C)c(NC(=O)COC(=O)c2ccccc2CSc2nc(C)cs2)c1. The Morgan fingerprint density at radius 3 is 2.69 bits per heavy atom. The highest BCUT2D eigenvalue weighted by Crippen LogP contribution is 2.27. The summed E-state index contributed by atoms with van der Waals surface area (Å²) in [6.45, 7) is 5.49. The fraction of sp³-hybridized carbons (Fsp3) is 0.227. The average molecular weight is 427 g/mol. The lowest BCUT2D eigenvalue weighted by Crippen LogP contribution is -2.21. The van der Waals surface area contributed by atoms with Crippen LogP contribution in [0.1, 0.15) is 32.7 Å². The molecule has 7 heteroatoms. The highest BCUT2D eigenvalue weighted by atomic mass is 32.2. The lowest BCUT2D eigenvalue weighted by atomic mass is 10.1. The number of hydrogen-bond donors (Lipinski definition) is 1. The van der Waals surface area contributed by atoms with Gasteiger partial charge in [-0.2, -0.15) is 0 Å². The van der Waals surface area contributed by atoms with E-state index in [9.17, 15) is 9.59 Å². The van der Waals surface area contributed by atoms with Gasteiger partial charge in [-0.3, -0.25) is 4.79 Å². The third-order valence-corrected chi connectivity index (χ3v) is 6.38. The Bertz CT molecular complexity index is 1030. The predicted molar refractivity (Wildman–Crippen MR) is 118 cm³/mol. The molecule has 1 heterocycles. The fourth-order valence-corrected chi connectivity index (χ4v) is 4.50. The second-order valence-corrected chi connectivity index (χ2v) is 8.72. The second kappa shape index (κ2) is 9.71. The van der Waals surface area contributed by atoms with E-state index in [0.717, 1.165) is 32.4 Å². The molecule has 0 aliphatic rings. The molecule has 3 aromatic rings. The van der Waals surface area contributed by atoms with Crippen molar-refractivity contribution in [2.45, 2.75) is 30.9 Å². The zero-order valence-electron chi connectivity index (χ0n) is 16.5. The minimum atomic E-state index is -0.507. The number of nitrogens with one attached hydrogen (secondary N) is 1. The number of hydrogen-bond acceptors (Lipinski definition) is 6. The molecule has 150 valence electrons. The van der Waals surface area contributed by atoms with Crippen LogP contribution in [0.15, 0.2) is 52.2 Å². The molecular formula is C22H22N2O3S2. The number of nitrogens with zero attached hydrogens (tertiary/aromatic N) is 1. The summed E-state index contributed by atoms with van der Waals surface area (Å²) in [5.74, 6) is -0.266. The molecule has 0 fully saturated rings. The minimum Gasteiger partial charge on any atom is -0.452 e. The van der Waals surface area contributed by atoms with E-state index < -0.39 is 5.97 Å². The van der Waals surface area contributed by atoms with Gasteiger partial charge in [-0.1, -0.05) is 42.1 Å². The molecular weight excluding hydrogens is 404 g/mol. The average Bonchev–Trinajstić information content (AvgIpc) is 3.13. The van der Waals surface area contributed by atoms with Crippen LogP contribution in [0.3, 0.4) is 0 Å². The Morgan fingerprint density at radius 2 is 1.93 bits per heavy atom. The molecule has 2 aromatic carbocycles. The Hall–Kier alpha value is -2.64. The van der Waals surface area contributed by atoms with E-state index in [1.54, 1.807) is 35.2 Å². The van der Waals surface area contributed by atoms with Crippen LogP contribution in [-0.2, 0) is 15.3 Å². The van der Waals surface area contributed by atoms with E-state index in [4.69, 9.17) is 4.74 Å². The number of thiazole rings is 1. The Morgan fingerprint density at radius 1 is 1.14 bits per heavy atom. The first-order chi connectivity index (χ1) is 13.9. The normalized spacial score (nSPS) is 10.6. The van der Waals surface area contributed by atoms with E-state index in [1.165, 1.54) is 0 Å². The molecule has 0 saturated carbocycles. The second-order valence-electron chi connectivity index (χ2n) is 6.64. The third-order valence-electron chi connectivity index (χ3n) is 4.19. The van der Waals surface area contributed by atoms with Gasteiger partial charge < -0.3 is 10.1 Å². The van der Waals surface area contributed by atoms with Crippen molar-refractivity contribution in [3.8, 4) is 0 Å². The number of rotatable bonds is 7. The smallest absolute Gasteiger partial charge is 0.338 e. The van der Waals surface area contributed by atoms with Crippen molar-refractivity contribution in [3.63, 3.8) is 0 Å². The van der Waals surface area contributed by atoms with Crippen molar-refractivity contribution < 1.29 is 14.3 Å². The van der Waals surface area contributed by atoms with Gasteiger partial charge in [-0.25, -0.2) is 9.78 Å². The van der Waals surface area contributed by atoms with E-state index in [-0.39, 0.29) is 12.5 Å². The maximum atomic E-state index is 12.5. The first-order valence-electron chi connectivity index (χ1n) is 9.09. The number of aryl methyl sites for hydroxylation is 3. The van der Waals surface area contributed by atoms with Gasteiger partial charge in [-0.05, 0) is 49.6 Å². The summed E-state index contributed by atoms with van der Waals surface area (Å²) in [4.78, 5) is 29.2. The van der Waals surface area contributed by atoms with Crippen molar-refractivity contribution >= 4 is 40.7 Å². The molecule has 0 aliphatic heterocycles. The number of carbonyl (C=O) groups excluding carboxylic acids is 2. The van der Waals surface area contributed by atoms with Crippen LogP contribution in [0, 0.1) is 20.8 Å². The number of aromatic nitrogens is 1. The number of amides is 1. The van der Waals surface area contributed by atoms with Gasteiger partial charge in [0.1, 0.15) is 4.34 Å². The number of benzene rings is 2. The van der Waals surface area contributed by atoms with E-state index in [0.29, 0.717) is 11.3 Å². The molecule has 1 N–H and O–H groups in total. The monoisotopic (exact) mass is 426 g/mol. The molecule has 0 atom stereocenters. The highest BCUT2D eigenvalue weighted by Gasteiger charge is 2.15. The van der Waals surface area contributed by atoms with E-state index in [1.807, 2.05) is 56.5 Å². The lowest BCUT2D eigenvalue weighted by molar-refractivity contribution is -0.119. The topological polar surface area (TPSA) is 68.3 Å².